The summed E-state index contributed by atoms with van der Waals surface area (Å²) in [6.07, 6.45) is -22.2. The molecule has 0 saturated carbocycles. The highest BCUT2D eigenvalue weighted by Crippen LogP contribution is 2.50. The third kappa shape index (κ3) is 7.33. The van der Waals surface area contributed by atoms with Crippen LogP contribution >= 0.6 is 0 Å². The molecule has 0 bridgehead atoms. The number of benzene rings is 2. The summed E-state index contributed by atoms with van der Waals surface area (Å²) in [6.45, 7) is 1.55. The molecule has 2 unspecified atom stereocenters. The van der Waals surface area contributed by atoms with E-state index >= 15 is 8.78 Å². The lowest BCUT2D eigenvalue weighted by Crippen LogP contribution is -2.35. The van der Waals surface area contributed by atoms with Crippen LogP contribution < -0.4 is 9.47 Å². The van der Waals surface area contributed by atoms with Gasteiger partial charge >= 0.3 is 36.7 Å². The number of hydrogen-bond donors (Lipinski definition) is 0. The van der Waals surface area contributed by atoms with Crippen LogP contribution in [0.5, 0.6) is 12.0 Å². The summed E-state index contributed by atoms with van der Waals surface area (Å²) in [5, 5.41) is -1.38. The highest BCUT2D eigenvalue weighted by molar-refractivity contribution is 7.85. The average molecular weight is 761 g/mol. The van der Waals surface area contributed by atoms with Gasteiger partial charge < -0.3 is 9.47 Å². The Labute approximate surface area is 272 Å². The summed E-state index contributed by atoms with van der Waals surface area (Å²) in [6, 6.07) is -1.28. The van der Waals surface area contributed by atoms with E-state index in [1.54, 1.807) is 0 Å². The minimum Gasteiger partial charge on any atom is -0.467 e. The Kier molecular flexibility index (Phi) is 9.95. The van der Waals surface area contributed by atoms with Gasteiger partial charge in [-0.25, -0.2) is 8.78 Å². The minimum absolute atomic E-state index is 0.0181. The highest BCUT2D eigenvalue weighted by Gasteiger charge is 2.55. The third-order valence-electron chi connectivity index (χ3n) is 6.78. The predicted octanol–water partition coefficient (Wildman–Crippen LogP) is 7.45. The smallest absolute Gasteiger partial charge is 0.453 e. The Hall–Kier alpha value is -4.51. The predicted molar refractivity (Wildman–Crippen MR) is 141 cm³/mol. The maximum atomic E-state index is 15.1. The van der Waals surface area contributed by atoms with Crippen molar-refractivity contribution in [3.63, 3.8) is 0 Å². The van der Waals surface area contributed by atoms with E-state index in [1.165, 1.54) is 0 Å². The maximum absolute atomic E-state index is 15.1. The van der Waals surface area contributed by atoms with Gasteiger partial charge in [-0.2, -0.15) is 72.0 Å². The first-order valence-corrected chi connectivity index (χ1v) is 14.4. The van der Waals surface area contributed by atoms with Crippen molar-refractivity contribution in [2.45, 2.75) is 49.1 Å². The van der Waals surface area contributed by atoms with E-state index < -0.39 is 115 Å². The van der Waals surface area contributed by atoms with Gasteiger partial charge in [0.1, 0.15) is 23.0 Å². The van der Waals surface area contributed by atoms with Crippen molar-refractivity contribution in [2.75, 3.05) is 14.2 Å². The van der Waals surface area contributed by atoms with Crippen molar-refractivity contribution in [2.24, 2.45) is 0 Å². The van der Waals surface area contributed by atoms with Crippen LogP contribution in [-0.4, -0.2) is 60.3 Å². The van der Waals surface area contributed by atoms with Crippen LogP contribution in [0, 0.1) is 25.5 Å². The normalized spacial score (nSPS) is 14.8. The maximum Gasteiger partial charge on any atom is 0.453 e. The van der Waals surface area contributed by atoms with E-state index in [-0.39, 0.29) is 21.5 Å². The van der Waals surface area contributed by atoms with E-state index in [0.717, 1.165) is 28.1 Å². The molecule has 2 aromatic carbocycles. The number of rotatable bonds is 8. The Balaban J connectivity index is 1.96. The van der Waals surface area contributed by atoms with Crippen molar-refractivity contribution in [3.8, 4) is 23.4 Å². The lowest BCUT2D eigenvalue weighted by atomic mass is 10.0. The molecule has 50 heavy (non-hydrogen) atoms. The Morgan fingerprint density at radius 3 is 1.20 bits per heavy atom. The van der Waals surface area contributed by atoms with E-state index in [1.807, 2.05) is 0 Å². The standard InChI is InChI=1S/C26H18F14N6O3S/c1-9-5-13(27)15(45-21(48-3)41-19(43-45)25(35,36)37)7-11(9)17(23(29,30)31)50(47)18(24(32,33)34)12-8-16(14(28)6-10(12)2)46-22(49-4)42-20(44-46)26(38,39)40/h5-8,17-18H,1-4H3. The zero-order chi connectivity index (χ0) is 37.9. The second-order valence-corrected chi connectivity index (χ2v) is 11.8. The van der Waals surface area contributed by atoms with Crippen LogP contribution in [0.4, 0.5) is 61.5 Å². The van der Waals surface area contributed by atoms with Crippen molar-refractivity contribution in [1.82, 2.24) is 29.5 Å². The largest absolute Gasteiger partial charge is 0.467 e. The first-order valence-electron chi connectivity index (χ1n) is 13.1. The van der Waals surface area contributed by atoms with Crippen LogP contribution in [0.1, 0.15) is 44.4 Å². The fourth-order valence-electron chi connectivity index (χ4n) is 4.66. The molecule has 274 valence electrons. The Bertz CT molecular complexity index is 1800. The molecule has 2 aromatic heterocycles. The summed E-state index contributed by atoms with van der Waals surface area (Å²) < 4.78 is 221. The topological polar surface area (TPSA) is 97.0 Å². The number of alkyl halides is 12. The molecular weight excluding hydrogens is 742 g/mol. The number of hydrogen-bond acceptors (Lipinski definition) is 7. The first kappa shape index (κ1) is 38.3. The van der Waals surface area contributed by atoms with Crippen LogP contribution in [0.25, 0.3) is 11.4 Å². The molecule has 0 aliphatic heterocycles. The molecule has 2 heterocycles. The summed E-state index contributed by atoms with van der Waals surface area (Å²) >= 11 is 0. The first-order chi connectivity index (χ1) is 22.8. The number of aromatic nitrogens is 6. The molecule has 0 amide bonds. The number of methoxy groups -OCH3 is 2. The molecular formula is C26H18F14N6O3S. The van der Waals surface area contributed by atoms with E-state index in [0.29, 0.717) is 12.1 Å². The van der Waals surface area contributed by atoms with Gasteiger partial charge in [-0.1, -0.05) is 0 Å². The van der Waals surface area contributed by atoms with Crippen molar-refractivity contribution < 1.29 is 75.1 Å². The van der Waals surface area contributed by atoms with Crippen LogP contribution in [0.3, 0.4) is 0 Å². The van der Waals surface area contributed by atoms with Gasteiger partial charge in [-0.3, -0.25) is 4.21 Å². The van der Waals surface area contributed by atoms with Gasteiger partial charge in [-0.15, -0.1) is 10.2 Å². The second-order valence-electron chi connectivity index (χ2n) is 10.2. The summed E-state index contributed by atoms with van der Waals surface area (Å²) in [4.78, 5) is 5.94. The zero-order valence-electron chi connectivity index (χ0n) is 25.1. The molecule has 0 aliphatic carbocycles. The molecule has 0 spiro atoms. The van der Waals surface area contributed by atoms with E-state index in [2.05, 4.69) is 29.6 Å². The van der Waals surface area contributed by atoms with Gasteiger partial charge in [0.25, 0.3) is 11.6 Å². The number of halogens is 14. The fourth-order valence-corrected chi connectivity index (χ4v) is 6.47. The van der Waals surface area contributed by atoms with Gasteiger partial charge in [0, 0.05) is 0 Å². The second kappa shape index (κ2) is 13.0. The monoisotopic (exact) mass is 760 g/mol. The molecule has 2 atom stereocenters. The van der Waals surface area contributed by atoms with E-state index in [9.17, 15) is 56.9 Å². The van der Waals surface area contributed by atoms with Gasteiger partial charge in [0.05, 0.1) is 25.0 Å². The van der Waals surface area contributed by atoms with Crippen molar-refractivity contribution >= 4 is 10.8 Å². The quantitative estimate of drug-likeness (QED) is 0.172. The summed E-state index contributed by atoms with van der Waals surface area (Å²) in [5.41, 5.74) is -6.61. The molecule has 4 rings (SSSR count). The lowest BCUT2D eigenvalue weighted by molar-refractivity contribution is -0.145. The highest BCUT2D eigenvalue weighted by atomic mass is 32.2. The molecule has 0 aliphatic rings. The number of aryl methyl sites for hydroxylation is 2. The van der Waals surface area contributed by atoms with Crippen LogP contribution in [0.2, 0.25) is 0 Å². The van der Waals surface area contributed by atoms with Gasteiger partial charge in [-0.05, 0) is 60.4 Å². The zero-order valence-corrected chi connectivity index (χ0v) is 25.9. The average Bonchev–Trinajstić information content (AvgIpc) is 3.59. The Morgan fingerprint density at radius 1 is 0.620 bits per heavy atom. The third-order valence-corrected chi connectivity index (χ3v) is 8.75. The number of ether oxygens (including phenoxy) is 2. The summed E-state index contributed by atoms with van der Waals surface area (Å²) in [5.74, 6) is -6.95. The fraction of sp³-hybridized carbons (Fsp3) is 0.385. The lowest BCUT2D eigenvalue weighted by Gasteiger charge is -2.29. The molecule has 0 saturated heterocycles. The van der Waals surface area contributed by atoms with Crippen molar-refractivity contribution in [1.29, 1.82) is 0 Å². The molecule has 24 heteroatoms. The molecule has 9 nitrogen and oxygen atoms in total. The van der Waals surface area contributed by atoms with Crippen LogP contribution in [-0.2, 0) is 23.2 Å². The molecule has 0 fully saturated rings. The van der Waals surface area contributed by atoms with Crippen LogP contribution in [0.15, 0.2) is 24.3 Å². The molecule has 0 radical (unpaired) electrons. The summed E-state index contributed by atoms with van der Waals surface area (Å²) in [7, 11) is -2.75. The Morgan fingerprint density at radius 2 is 0.940 bits per heavy atom. The van der Waals surface area contributed by atoms with Gasteiger partial charge in [0.2, 0.25) is 0 Å². The minimum atomic E-state index is -5.86. The molecule has 0 N–H and O–H groups in total. The van der Waals surface area contributed by atoms with Gasteiger partial charge in [0.15, 0.2) is 10.5 Å². The van der Waals surface area contributed by atoms with E-state index in [4.69, 9.17) is 0 Å². The molecule has 4 aromatic rings. The SMILES string of the molecule is COc1nc(C(F)(F)F)nn1-c1cc(C(S(=O)C(c2cc(-n3nc(C(F)(F)F)nc3OC)c(F)cc2C)C(F)(F)F)C(F)(F)F)c(C)cc1F. The number of nitrogens with zero attached hydrogens (tertiary/aromatic N) is 6. The van der Waals surface area contributed by atoms with Crippen molar-refractivity contribution in [3.05, 3.63) is 69.8 Å².